The molecule has 0 bridgehead atoms. The van der Waals surface area contributed by atoms with E-state index in [-0.39, 0.29) is 5.41 Å². The molecular formula is C13H21NO. The Bertz CT molecular complexity index is 294. The minimum atomic E-state index is 0.186. The number of aromatic hydroxyl groups is 1. The summed E-state index contributed by atoms with van der Waals surface area (Å²) in [6.07, 6.45) is 3.29. The van der Waals surface area contributed by atoms with Gasteiger partial charge in [-0.2, -0.15) is 0 Å². The Hall–Kier alpha value is -1.02. The Labute approximate surface area is 92.1 Å². The van der Waals surface area contributed by atoms with Crippen LogP contribution in [-0.2, 0) is 6.42 Å². The second kappa shape index (κ2) is 5.17. The molecule has 1 aromatic carbocycles. The summed E-state index contributed by atoms with van der Waals surface area (Å²) in [5.74, 6) is 0.323. The SMILES string of the molecule is CCCC(C)(CN)Cc1ccc(O)cc1. The summed E-state index contributed by atoms with van der Waals surface area (Å²) in [4.78, 5) is 0. The Morgan fingerprint density at radius 3 is 2.33 bits per heavy atom. The lowest BCUT2D eigenvalue weighted by Crippen LogP contribution is -2.29. The maximum atomic E-state index is 9.19. The average molecular weight is 207 g/mol. The Morgan fingerprint density at radius 1 is 1.27 bits per heavy atom. The molecule has 1 unspecified atom stereocenters. The fourth-order valence-electron chi connectivity index (χ4n) is 1.97. The Balaban J connectivity index is 2.70. The van der Waals surface area contributed by atoms with Crippen molar-refractivity contribution in [3.63, 3.8) is 0 Å². The molecule has 0 saturated carbocycles. The van der Waals surface area contributed by atoms with E-state index in [1.165, 1.54) is 5.56 Å². The first kappa shape index (κ1) is 12.1. The van der Waals surface area contributed by atoms with Crippen molar-refractivity contribution in [3.05, 3.63) is 29.8 Å². The van der Waals surface area contributed by atoms with Crippen LogP contribution in [0.5, 0.6) is 5.75 Å². The lowest BCUT2D eigenvalue weighted by molar-refractivity contribution is 0.302. The van der Waals surface area contributed by atoms with Gasteiger partial charge in [-0.3, -0.25) is 0 Å². The highest BCUT2D eigenvalue weighted by Gasteiger charge is 2.21. The molecule has 1 atom stereocenters. The van der Waals surface area contributed by atoms with Gasteiger partial charge < -0.3 is 10.8 Å². The van der Waals surface area contributed by atoms with Gasteiger partial charge in [0.1, 0.15) is 5.75 Å². The summed E-state index contributed by atoms with van der Waals surface area (Å²) in [6, 6.07) is 7.41. The molecule has 0 fully saturated rings. The van der Waals surface area contributed by atoms with Crippen LogP contribution in [0.4, 0.5) is 0 Å². The summed E-state index contributed by atoms with van der Waals surface area (Å²) in [5, 5.41) is 9.19. The van der Waals surface area contributed by atoms with Crippen LogP contribution in [0.25, 0.3) is 0 Å². The smallest absolute Gasteiger partial charge is 0.115 e. The zero-order chi connectivity index (χ0) is 11.3. The fourth-order valence-corrected chi connectivity index (χ4v) is 1.97. The molecular weight excluding hydrogens is 186 g/mol. The van der Waals surface area contributed by atoms with E-state index in [4.69, 9.17) is 5.73 Å². The minimum absolute atomic E-state index is 0.186. The largest absolute Gasteiger partial charge is 0.508 e. The van der Waals surface area contributed by atoms with Crippen LogP contribution < -0.4 is 5.73 Å². The van der Waals surface area contributed by atoms with E-state index >= 15 is 0 Å². The predicted molar refractivity (Wildman–Crippen MR) is 63.9 cm³/mol. The number of phenols is 1. The highest BCUT2D eigenvalue weighted by molar-refractivity contribution is 5.26. The molecule has 0 aromatic heterocycles. The van der Waals surface area contributed by atoms with Crippen molar-refractivity contribution in [2.45, 2.75) is 33.1 Å². The Morgan fingerprint density at radius 2 is 1.87 bits per heavy atom. The molecule has 2 heteroatoms. The van der Waals surface area contributed by atoms with Crippen molar-refractivity contribution in [2.75, 3.05) is 6.54 Å². The van der Waals surface area contributed by atoms with Gasteiger partial charge in [-0.1, -0.05) is 32.4 Å². The monoisotopic (exact) mass is 207 g/mol. The van der Waals surface area contributed by atoms with Gasteiger partial charge >= 0.3 is 0 Å². The van der Waals surface area contributed by atoms with Gasteiger partial charge in [0, 0.05) is 0 Å². The number of rotatable bonds is 5. The van der Waals surface area contributed by atoms with Gasteiger partial charge in [0.05, 0.1) is 0 Å². The van der Waals surface area contributed by atoms with Gasteiger partial charge in [0.25, 0.3) is 0 Å². The summed E-state index contributed by atoms with van der Waals surface area (Å²) in [5.41, 5.74) is 7.25. The average Bonchev–Trinajstić information content (AvgIpc) is 2.22. The van der Waals surface area contributed by atoms with Crippen LogP contribution in [0.2, 0.25) is 0 Å². The third-order valence-electron chi connectivity index (χ3n) is 2.91. The maximum absolute atomic E-state index is 9.19. The number of hydrogen-bond donors (Lipinski definition) is 2. The van der Waals surface area contributed by atoms with Gasteiger partial charge in [-0.05, 0) is 42.5 Å². The van der Waals surface area contributed by atoms with Crippen LogP contribution in [0.3, 0.4) is 0 Å². The van der Waals surface area contributed by atoms with E-state index in [2.05, 4.69) is 13.8 Å². The molecule has 0 heterocycles. The molecule has 0 aliphatic carbocycles. The van der Waals surface area contributed by atoms with E-state index < -0.39 is 0 Å². The first-order chi connectivity index (χ1) is 7.09. The van der Waals surface area contributed by atoms with Gasteiger partial charge in [-0.15, -0.1) is 0 Å². The number of hydrogen-bond acceptors (Lipinski definition) is 2. The number of phenolic OH excluding ortho intramolecular Hbond substituents is 1. The zero-order valence-electron chi connectivity index (χ0n) is 9.66. The summed E-state index contributed by atoms with van der Waals surface area (Å²) < 4.78 is 0. The molecule has 0 spiro atoms. The molecule has 0 aliphatic heterocycles. The lowest BCUT2D eigenvalue weighted by atomic mass is 9.80. The van der Waals surface area contributed by atoms with Crippen molar-refractivity contribution < 1.29 is 5.11 Å². The molecule has 2 nitrogen and oxygen atoms in total. The molecule has 0 aliphatic rings. The van der Waals surface area contributed by atoms with Crippen LogP contribution in [0.15, 0.2) is 24.3 Å². The second-order valence-electron chi connectivity index (χ2n) is 4.61. The lowest BCUT2D eigenvalue weighted by Gasteiger charge is -2.27. The van der Waals surface area contributed by atoms with Crippen LogP contribution in [0.1, 0.15) is 32.3 Å². The molecule has 84 valence electrons. The van der Waals surface area contributed by atoms with Crippen molar-refractivity contribution >= 4 is 0 Å². The molecule has 0 amide bonds. The van der Waals surface area contributed by atoms with Crippen molar-refractivity contribution in [2.24, 2.45) is 11.1 Å². The van der Waals surface area contributed by atoms with Crippen molar-refractivity contribution in [3.8, 4) is 5.75 Å². The van der Waals surface area contributed by atoms with Crippen molar-refractivity contribution in [1.82, 2.24) is 0 Å². The van der Waals surface area contributed by atoms with E-state index in [1.54, 1.807) is 12.1 Å². The third-order valence-corrected chi connectivity index (χ3v) is 2.91. The quantitative estimate of drug-likeness (QED) is 0.779. The number of benzene rings is 1. The van der Waals surface area contributed by atoms with Crippen LogP contribution >= 0.6 is 0 Å². The minimum Gasteiger partial charge on any atom is -0.508 e. The van der Waals surface area contributed by atoms with E-state index in [0.29, 0.717) is 12.3 Å². The summed E-state index contributed by atoms with van der Waals surface area (Å²) in [6.45, 7) is 5.12. The van der Waals surface area contributed by atoms with Crippen LogP contribution in [0, 0.1) is 5.41 Å². The van der Waals surface area contributed by atoms with Crippen LogP contribution in [-0.4, -0.2) is 11.7 Å². The Kier molecular flexibility index (Phi) is 4.15. The topological polar surface area (TPSA) is 46.2 Å². The van der Waals surface area contributed by atoms with E-state index in [9.17, 15) is 5.11 Å². The molecule has 0 radical (unpaired) electrons. The molecule has 1 aromatic rings. The molecule has 1 rings (SSSR count). The zero-order valence-corrected chi connectivity index (χ0v) is 9.66. The first-order valence-electron chi connectivity index (χ1n) is 5.57. The third kappa shape index (κ3) is 3.56. The van der Waals surface area contributed by atoms with Gasteiger partial charge in [-0.25, -0.2) is 0 Å². The second-order valence-corrected chi connectivity index (χ2v) is 4.61. The summed E-state index contributed by atoms with van der Waals surface area (Å²) in [7, 11) is 0. The predicted octanol–water partition coefficient (Wildman–Crippen LogP) is 2.70. The van der Waals surface area contributed by atoms with Crippen molar-refractivity contribution in [1.29, 1.82) is 0 Å². The van der Waals surface area contributed by atoms with Gasteiger partial charge in [0.2, 0.25) is 0 Å². The molecule has 0 saturated heterocycles. The maximum Gasteiger partial charge on any atom is 0.115 e. The normalized spacial score (nSPS) is 14.9. The molecule has 3 N–H and O–H groups in total. The fraction of sp³-hybridized carbons (Fsp3) is 0.538. The molecule has 15 heavy (non-hydrogen) atoms. The van der Waals surface area contributed by atoms with E-state index in [1.807, 2.05) is 12.1 Å². The number of nitrogens with two attached hydrogens (primary N) is 1. The van der Waals surface area contributed by atoms with Gasteiger partial charge in [0.15, 0.2) is 0 Å². The standard InChI is InChI=1S/C13H21NO/c1-3-8-13(2,10-14)9-11-4-6-12(15)7-5-11/h4-7,15H,3,8-10,14H2,1-2H3. The van der Waals surface area contributed by atoms with E-state index in [0.717, 1.165) is 19.3 Å². The first-order valence-corrected chi connectivity index (χ1v) is 5.57. The summed E-state index contributed by atoms with van der Waals surface area (Å²) >= 11 is 0. The highest BCUT2D eigenvalue weighted by atomic mass is 16.3. The highest BCUT2D eigenvalue weighted by Crippen LogP contribution is 2.27.